The van der Waals surface area contributed by atoms with Crippen molar-refractivity contribution >= 4 is 40.0 Å². The van der Waals surface area contributed by atoms with E-state index in [1.165, 1.54) is 0 Å². The van der Waals surface area contributed by atoms with Crippen LogP contribution in [0.2, 0.25) is 10.0 Å². The van der Waals surface area contributed by atoms with Gasteiger partial charge < -0.3 is 15.6 Å². The predicted molar refractivity (Wildman–Crippen MR) is 89.7 cm³/mol. The van der Waals surface area contributed by atoms with E-state index in [1.54, 1.807) is 12.1 Å². The van der Waals surface area contributed by atoms with Crippen molar-refractivity contribution in [2.45, 2.75) is 0 Å². The highest BCUT2D eigenvalue weighted by molar-refractivity contribution is 6.45. The minimum absolute atomic E-state index is 0.00390. The standard InChI is InChI=1S/C15H18Cl2N4O/c16-11-1-2-12-10(14(11)17)9-13(19-12)15(22)21-7-5-20(4-3-18)6-8-21/h1-2,9,19H,3-8,18H2. The number of nitrogens with one attached hydrogen (secondary N) is 1. The Balaban J connectivity index is 1.77. The zero-order valence-electron chi connectivity index (χ0n) is 12.1. The highest BCUT2D eigenvalue weighted by Gasteiger charge is 2.23. The molecule has 7 heteroatoms. The van der Waals surface area contributed by atoms with Crippen LogP contribution in [0.5, 0.6) is 0 Å². The Hall–Kier alpha value is -1.27. The Morgan fingerprint density at radius 3 is 2.64 bits per heavy atom. The molecule has 1 aliphatic heterocycles. The van der Waals surface area contributed by atoms with Crippen LogP contribution >= 0.6 is 23.2 Å². The summed E-state index contributed by atoms with van der Waals surface area (Å²) in [5.74, 6) is -0.00390. The Bertz CT molecular complexity index is 692. The van der Waals surface area contributed by atoms with E-state index in [-0.39, 0.29) is 5.91 Å². The summed E-state index contributed by atoms with van der Waals surface area (Å²) >= 11 is 12.2. The molecule has 0 spiro atoms. The van der Waals surface area contributed by atoms with Crippen LogP contribution in [0.25, 0.3) is 10.9 Å². The molecule has 1 amide bonds. The van der Waals surface area contributed by atoms with Crippen LogP contribution in [-0.4, -0.2) is 60.0 Å². The van der Waals surface area contributed by atoms with Crippen molar-refractivity contribution in [3.63, 3.8) is 0 Å². The lowest BCUT2D eigenvalue weighted by Crippen LogP contribution is -2.49. The molecule has 0 radical (unpaired) electrons. The van der Waals surface area contributed by atoms with E-state index < -0.39 is 0 Å². The number of benzene rings is 1. The summed E-state index contributed by atoms with van der Waals surface area (Å²) in [6.45, 7) is 4.66. The maximum absolute atomic E-state index is 12.6. The highest BCUT2D eigenvalue weighted by atomic mass is 35.5. The molecule has 2 aromatic rings. The summed E-state index contributed by atoms with van der Waals surface area (Å²) < 4.78 is 0. The van der Waals surface area contributed by atoms with Crippen molar-refractivity contribution < 1.29 is 4.79 Å². The van der Waals surface area contributed by atoms with Crippen LogP contribution < -0.4 is 5.73 Å². The van der Waals surface area contributed by atoms with Gasteiger partial charge in [-0.2, -0.15) is 0 Å². The molecule has 3 N–H and O–H groups in total. The van der Waals surface area contributed by atoms with Crippen molar-refractivity contribution in [2.24, 2.45) is 5.73 Å². The first kappa shape index (κ1) is 15.6. The van der Waals surface area contributed by atoms with Gasteiger partial charge in [-0.15, -0.1) is 0 Å². The Kier molecular flexibility index (Phi) is 4.59. The highest BCUT2D eigenvalue weighted by Crippen LogP contribution is 2.31. The number of carbonyl (C=O) groups is 1. The number of amides is 1. The second-order valence-electron chi connectivity index (χ2n) is 5.43. The van der Waals surface area contributed by atoms with E-state index in [1.807, 2.05) is 11.0 Å². The first-order chi connectivity index (χ1) is 10.6. The van der Waals surface area contributed by atoms with Gasteiger partial charge in [0.25, 0.3) is 5.91 Å². The van der Waals surface area contributed by atoms with Gasteiger partial charge in [-0.05, 0) is 18.2 Å². The maximum atomic E-state index is 12.6. The molecular formula is C15H18Cl2N4O. The molecule has 118 valence electrons. The Morgan fingerprint density at radius 2 is 1.95 bits per heavy atom. The van der Waals surface area contributed by atoms with Crippen LogP contribution in [0.15, 0.2) is 18.2 Å². The molecule has 1 aromatic carbocycles. The topological polar surface area (TPSA) is 65.4 Å². The Labute approximate surface area is 138 Å². The third kappa shape index (κ3) is 2.94. The van der Waals surface area contributed by atoms with Crippen LogP contribution in [0.1, 0.15) is 10.5 Å². The lowest BCUT2D eigenvalue weighted by atomic mass is 10.2. The number of nitrogens with two attached hydrogens (primary N) is 1. The molecule has 1 aliphatic rings. The number of hydrogen-bond donors (Lipinski definition) is 2. The van der Waals surface area contributed by atoms with Gasteiger partial charge in [0.1, 0.15) is 5.69 Å². The number of nitrogens with zero attached hydrogens (tertiary/aromatic N) is 2. The molecular weight excluding hydrogens is 323 g/mol. The second kappa shape index (κ2) is 6.46. The molecule has 1 saturated heterocycles. The van der Waals surface area contributed by atoms with E-state index in [4.69, 9.17) is 28.9 Å². The third-order valence-electron chi connectivity index (χ3n) is 4.03. The molecule has 0 unspecified atom stereocenters. The summed E-state index contributed by atoms with van der Waals surface area (Å²) in [7, 11) is 0. The lowest BCUT2D eigenvalue weighted by molar-refractivity contribution is 0.0636. The number of H-pyrrole nitrogens is 1. The minimum Gasteiger partial charge on any atom is -0.350 e. The number of rotatable bonds is 3. The number of aromatic nitrogens is 1. The molecule has 1 aromatic heterocycles. The van der Waals surface area contributed by atoms with Gasteiger partial charge in [0.15, 0.2) is 0 Å². The molecule has 5 nitrogen and oxygen atoms in total. The van der Waals surface area contributed by atoms with Crippen molar-refractivity contribution in [3.8, 4) is 0 Å². The largest absolute Gasteiger partial charge is 0.350 e. The predicted octanol–water partition coefficient (Wildman–Crippen LogP) is 2.19. The average molecular weight is 341 g/mol. The van der Waals surface area contributed by atoms with E-state index in [9.17, 15) is 4.79 Å². The molecule has 2 heterocycles. The number of piperazine rings is 1. The number of halogens is 2. The fourth-order valence-electron chi connectivity index (χ4n) is 2.78. The van der Waals surface area contributed by atoms with Crippen molar-refractivity contribution in [1.29, 1.82) is 0 Å². The zero-order chi connectivity index (χ0) is 15.7. The second-order valence-corrected chi connectivity index (χ2v) is 6.21. The number of hydrogen-bond acceptors (Lipinski definition) is 3. The zero-order valence-corrected chi connectivity index (χ0v) is 13.6. The van der Waals surface area contributed by atoms with Crippen molar-refractivity contribution in [1.82, 2.24) is 14.8 Å². The summed E-state index contributed by atoms with van der Waals surface area (Å²) in [5.41, 5.74) is 6.93. The van der Waals surface area contributed by atoms with E-state index in [2.05, 4.69) is 9.88 Å². The van der Waals surface area contributed by atoms with Gasteiger partial charge in [0.2, 0.25) is 0 Å². The van der Waals surface area contributed by atoms with Gasteiger partial charge in [-0.25, -0.2) is 0 Å². The Morgan fingerprint density at radius 1 is 1.23 bits per heavy atom. The van der Waals surface area contributed by atoms with Crippen LogP contribution in [0, 0.1) is 0 Å². The fourth-order valence-corrected chi connectivity index (χ4v) is 3.17. The molecule has 0 aliphatic carbocycles. The first-order valence-corrected chi connectivity index (χ1v) is 8.04. The molecule has 0 atom stereocenters. The summed E-state index contributed by atoms with van der Waals surface area (Å²) in [6.07, 6.45) is 0. The smallest absolute Gasteiger partial charge is 0.270 e. The van der Waals surface area contributed by atoms with Crippen LogP contribution in [0.3, 0.4) is 0 Å². The summed E-state index contributed by atoms with van der Waals surface area (Å²) in [4.78, 5) is 19.9. The fraction of sp³-hybridized carbons (Fsp3) is 0.400. The van der Waals surface area contributed by atoms with E-state index >= 15 is 0 Å². The summed E-state index contributed by atoms with van der Waals surface area (Å²) in [6, 6.07) is 5.33. The third-order valence-corrected chi connectivity index (χ3v) is 4.84. The van der Waals surface area contributed by atoms with Crippen molar-refractivity contribution in [2.75, 3.05) is 39.3 Å². The molecule has 3 rings (SSSR count). The first-order valence-electron chi connectivity index (χ1n) is 7.28. The van der Waals surface area contributed by atoms with Crippen molar-refractivity contribution in [3.05, 3.63) is 33.9 Å². The van der Waals surface area contributed by atoms with Gasteiger partial charge in [-0.1, -0.05) is 23.2 Å². The SMILES string of the molecule is NCCN1CCN(C(=O)c2cc3c(Cl)c(Cl)ccc3[nH]2)CC1. The lowest BCUT2D eigenvalue weighted by Gasteiger charge is -2.34. The maximum Gasteiger partial charge on any atom is 0.270 e. The quantitative estimate of drug-likeness (QED) is 0.900. The van der Waals surface area contributed by atoms with Gasteiger partial charge in [-0.3, -0.25) is 9.69 Å². The van der Waals surface area contributed by atoms with Gasteiger partial charge >= 0.3 is 0 Å². The van der Waals surface area contributed by atoms with E-state index in [0.717, 1.165) is 30.5 Å². The number of carbonyl (C=O) groups excluding carboxylic acids is 1. The van der Waals surface area contributed by atoms with Crippen LogP contribution in [-0.2, 0) is 0 Å². The van der Waals surface area contributed by atoms with Crippen LogP contribution in [0.4, 0.5) is 0 Å². The normalized spacial score (nSPS) is 16.4. The molecule has 0 bridgehead atoms. The number of fused-ring (bicyclic) bond motifs is 1. The van der Waals surface area contributed by atoms with E-state index in [0.29, 0.717) is 35.4 Å². The van der Waals surface area contributed by atoms with Gasteiger partial charge in [0.05, 0.1) is 10.0 Å². The molecule has 1 fully saturated rings. The number of aromatic amines is 1. The molecule has 0 saturated carbocycles. The van der Waals surface area contributed by atoms with Gasteiger partial charge in [0, 0.05) is 50.2 Å². The molecule has 22 heavy (non-hydrogen) atoms. The summed E-state index contributed by atoms with van der Waals surface area (Å²) in [5, 5.41) is 1.74. The average Bonchev–Trinajstić information content (AvgIpc) is 2.96. The minimum atomic E-state index is -0.00390. The monoisotopic (exact) mass is 340 g/mol.